The third-order valence-corrected chi connectivity index (χ3v) is 6.44. The summed E-state index contributed by atoms with van der Waals surface area (Å²) in [5.41, 5.74) is 6.81. The van der Waals surface area contributed by atoms with E-state index in [1.165, 1.54) is 28.8 Å². The zero-order chi connectivity index (χ0) is 27.1. The van der Waals surface area contributed by atoms with Crippen molar-refractivity contribution in [2.24, 2.45) is 11.7 Å². The summed E-state index contributed by atoms with van der Waals surface area (Å²) in [5, 5.41) is 3.70. The third-order valence-electron chi connectivity index (χ3n) is 5.51. The third kappa shape index (κ3) is 7.33. The van der Waals surface area contributed by atoms with E-state index in [2.05, 4.69) is 10.3 Å². The van der Waals surface area contributed by atoms with E-state index in [1.807, 2.05) is 38.1 Å². The van der Waals surface area contributed by atoms with E-state index in [9.17, 15) is 9.18 Å². The Bertz CT molecular complexity index is 1350. The number of rotatable bonds is 11. The normalized spacial score (nSPS) is 11.8. The van der Waals surface area contributed by atoms with Gasteiger partial charge in [-0.1, -0.05) is 31.7 Å². The number of nitrogens with zero attached hydrogens (tertiary/aromatic N) is 3. The van der Waals surface area contributed by atoms with Gasteiger partial charge in [-0.3, -0.25) is 9.69 Å². The molecular formula is C28H30FN5O3S. The molecule has 0 aliphatic heterocycles. The predicted octanol–water partition coefficient (Wildman–Crippen LogP) is 6.02. The van der Waals surface area contributed by atoms with Crippen molar-refractivity contribution in [1.29, 1.82) is 0 Å². The van der Waals surface area contributed by atoms with E-state index in [0.717, 1.165) is 10.6 Å². The van der Waals surface area contributed by atoms with Crippen molar-refractivity contribution in [2.75, 3.05) is 17.3 Å². The van der Waals surface area contributed by atoms with Crippen LogP contribution in [0.5, 0.6) is 5.75 Å². The molecule has 2 aromatic carbocycles. The molecule has 0 saturated carbocycles. The second kappa shape index (κ2) is 12.6. The summed E-state index contributed by atoms with van der Waals surface area (Å²) < 4.78 is 24.6. The number of anilines is 3. The van der Waals surface area contributed by atoms with Gasteiger partial charge in [0.15, 0.2) is 0 Å². The van der Waals surface area contributed by atoms with Crippen LogP contribution in [-0.2, 0) is 11.3 Å². The number of amides is 1. The molecular weight excluding hydrogens is 505 g/mol. The maximum atomic E-state index is 13.9. The number of carbonyl (C=O) groups is 1. The lowest BCUT2D eigenvalue weighted by Crippen LogP contribution is -2.45. The van der Waals surface area contributed by atoms with Crippen molar-refractivity contribution < 1.29 is 18.3 Å². The first kappa shape index (κ1) is 27.2. The van der Waals surface area contributed by atoms with Crippen molar-refractivity contribution in [1.82, 2.24) is 9.97 Å². The Morgan fingerprint density at radius 2 is 1.92 bits per heavy atom. The highest BCUT2D eigenvalue weighted by atomic mass is 32.2. The first-order valence-corrected chi connectivity index (χ1v) is 13.0. The van der Waals surface area contributed by atoms with Gasteiger partial charge in [0.25, 0.3) is 0 Å². The number of nitrogens with one attached hydrogen (secondary N) is 1. The Labute approximate surface area is 225 Å². The number of carbonyl (C=O) groups excluding carboxylic acids is 1. The van der Waals surface area contributed by atoms with Crippen LogP contribution in [0.15, 0.2) is 87.3 Å². The number of benzene rings is 2. The fraction of sp³-hybridized carbons (Fsp3) is 0.250. The van der Waals surface area contributed by atoms with Crippen LogP contribution in [0.4, 0.5) is 21.8 Å². The first-order chi connectivity index (χ1) is 18.3. The molecule has 0 spiro atoms. The lowest BCUT2D eigenvalue weighted by atomic mass is 10.0. The Balaban J connectivity index is 1.74. The van der Waals surface area contributed by atoms with Gasteiger partial charge in [-0.25, -0.2) is 9.37 Å². The van der Waals surface area contributed by atoms with E-state index in [-0.39, 0.29) is 30.1 Å². The monoisotopic (exact) mass is 535 g/mol. The summed E-state index contributed by atoms with van der Waals surface area (Å²) in [4.78, 5) is 25.2. The molecule has 1 atom stereocenters. The molecule has 0 aliphatic carbocycles. The van der Waals surface area contributed by atoms with Crippen molar-refractivity contribution in [3.63, 3.8) is 0 Å². The second-order valence-corrected chi connectivity index (χ2v) is 10.1. The average Bonchev–Trinajstić information content (AvgIpc) is 3.40. The Morgan fingerprint density at radius 3 is 2.58 bits per heavy atom. The van der Waals surface area contributed by atoms with E-state index >= 15 is 0 Å². The van der Waals surface area contributed by atoms with Crippen LogP contribution >= 0.6 is 11.8 Å². The fourth-order valence-electron chi connectivity index (χ4n) is 3.74. The average molecular weight is 536 g/mol. The number of methoxy groups -OCH3 is 1. The molecule has 2 aromatic heterocycles. The van der Waals surface area contributed by atoms with Crippen molar-refractivity contribution in [3.05, 3.63) is 84.6 Å². The van der Waals surface area contributed by atoms with Gasteiger partial charge in [0.05, 0.1) is 26.0 Å². The molecule has 0 radical (unpaired) electrons. The summed E-state index contributed by atoms with van der Waals surface area (Å²) in [6.07, 6.45) is 2.04. The van der Waals surface area contributed by atoms with Crippen LogP contribution in [0.1, 0.15) is 26.0 Å². The SMILES string of the molecule is COc1ccc(Sc2cc(Nc3cccc(F)c3)nc(N(Cc3ccco3)C(=O)[C@@H](N)CC(C)C)n2)cc1. The molecule has 8 nitrogen and oxygen atoms in total. The number of furan rings is 1. The van der Waals surface area contributed by atoms with Crippen LogP contribution in [0.2, 0.25) is 0 Å². The maximum absolute atomic E-state index is 13.9. The quantitative estimate of drug-likeness (QED) is 0.225. The Kier molecular flexibility index (Phi) is 8.98. The van der Waals surface area contributed by atoms with Gasteiger partial charge in [-0.15, -0.1) is 0 Å². The van der Waals surface area contributed by atoms with Gasteiger partial charge < -0.3 is 20.2 Å². The molecule has 3 N–H and O–H groups in total. The van der Waals surface area contributed by atoms with E-state index in [4.69, 9.17) is 19.9 Å². The van der Waals surface area contributed by atoms with Gasteiger partial charge >= 0.3 is 0 Å². The smallest absolute Gasteiger partial charge is 0.246 e. The molecule has 0 fully saturated rings. The molecule has 38 heavy (non-hydrogen) atoms. The molecule has 10 heteroatoms. The zero-order valence-corrected chi connectivity index (χ0v) is 22.2. The highest BCUT2D eigenvalue weighted by Gasteiger charge is 2.27. The van der Waals surface area contributed by atoms with Crippen molar-refractivity contribution in [3.8, 4) is 5.75 Å². The molecule has 0 aliphatic rings. The lowest BCUT2D eigenvalue weighted by molar-refractivity contribution is -0.120. The first-order valence-electron chi connectivity index (χ1n) is 12.1. The number of ether oxygens (including phenoxy) is 1. The summed E-state index contributed by atoms with van der Waals surface area (Å²) in [6, 6.07) is 18.1. The Hall–Kier alpha value is -3.89. The topological polar surface area (TPSA) is 107 Å². The molecule has 4 aromatic rings. The van der Waals surface area contributed by atoms with Gasteiger partial charge in [0.2, 0.25) is 11.9 Å². The maximum Gasteiger partial charge on any atom is 0.246 e. The van der Waals surface area contributed by atoms with E-state index < -0.39 is 6.04 Å². The highest BCUT2D eigenvalue weighted by molar-refractivity contribution is 7.99. The van der Waals surface area contributed by atoms with Crippen LogP contribution in [0, 0.1) is 11.7 Å². The minimum atomic E-state index is -0.744. The largest absolute Gasteiger partial charge is 0.497 e. The zero-order valence-electron chi connectivity index (χ0n) is 21.4. The van der Waals surface area contributed by atoms with Crippen LogP contribution < -0.4 is 20.7 Å². The Morgan fingerprint density at radius 1 is 1.13 bits per heavy atom. The molecule has 0 bridgehead atoms. The number of halogens is 1. The minimum Gasteiger partial charge on any atom is -0.497 e. The van der Waals surface area contributed by atoms with Gasteiger partial charge in [0.1, 0.15) is 28.2 Å². The fourth-order valence-corrected chi connectivity index (χ4v) is 4.55. The molecule has 0 saturated heterocycles. The number of nitrogens with two attached hydrogens (primary N) is 1. The summed E-state index contributed by atoms with van der Waals surface area (Å²) >= 11 is 1.39. The van der Waals surface area contributed by atoms with Crippen LogP contribution in [0.25, 0.3) is 0 Å². The molecule has 2 heterocycles. The summed E-state index contributed by atoms with van der Waals surface area (Å²) in [5.74, 6) is 1.37. The van der Waals surface area contributed by atoms with Gasteiger partial charge in [-0.05, 0) is 66.9 Å². The minimum absolute atomic E-state index is 0.105. The van der Waals surface area contributed by atoms with E-state index in [0.29, 0.717) is 28.7 Å². The van der Waals surface area contributed by atoms with Crippen LogP contribution in [0.3, 0.4) is 0 Å². The number of hydrogen-bond acceptors (Lipinski definition) is 8. The summed E-state index contributed by atoms with van der Waals surface area (Å²) in [7, 11) is 1.61. The molecule has 1 amide bonds. The highest BCUT2D eigenvalue weighted by Crippen LogP contribution is 2.32. The molecule has 4 rings (SSSR count). The standard InChI is InChI=1S/C28H30FN5O3S/c1-18(2)14-24(30)27(35)34(17-22-8-5-13-37-22)28-32-25(31-20-7-4-6-19(29)15-20)16-26(33-28)38-23-11-9-21(36-3)10-12-23/h4-13,15-16,18,24H,14,17,30H2,1-3H3,(H,31,32,33)/t24-/m0/s1. The van der Waals surface area contributed by atoms with Crippen LogP contribution in [-0.4, -0.2) is 29.0 Å². The lowest BCUT2D eigenvalue weighted by Gasteiger charge is -2.25. The summed E-state index contributed by atoms with van der Waals surface area (Å²) in [6.45, 7) is 4.12. The van der Waals surface area contributed by atoms with Crippen molar-refractivity contribution in [2.45, 2.75) is 42.8 Å². The predicted molar refractivity (Wildman–Crippen MR) is 146 cm³/mol. The molecule has 0 unspecified atom stereocenters. The number of hydrogen-bond donors (Lipinski definition) is 2. The van der Waals surface area contributed by atoms with Crippen molar-refractivity contribution >= 4 is 35.1 Å². The van der Waals surface area contributed by atoms with Gasteiger partial charge in [-0.2, -0.15) is 4.98 Å². The second-order valence-electron chi connectivity index (χ2n) is 9.04. The number of aromatic nitrogens is 2. The molecule has 198 valence electrons. The van der Waals surface area contributed by atoms with Gasteiger partial charge in [0, 0.05) is 16.6 Å². The van der Waals surface area contributed by atoms with E-state index in [1.54, 1.807) is 43.7 Å².